The van der Waals surface area contributed by atoms with Crippen molar-refractivity contribution in [2.75, 3.05) is 6.54 Å². The van der Waals surface area contributed by atoms with Gasteiger partial charge < -0.3 is 15.4 Å². The lowest BCUT2D eigenvalue weighted by Crippen LogP contribution is -2.46. The highest BCUT2D eigenvalue weighted by Crippen LogP contribution is 2.25. The van der Waals surface area contributed by atoms with Crippen molar-refractivity contribution < 1.29 is 19.1 Å². The number of ether oxygens (including phenoxy) is 1. The second-order valence-corrected chi connectivity index (χ2v) is 6.45. The molecule has 0 bridgehead atoms. The van der Waals surface area contributed by atoms with Gasteiger partial charge in [0.2, 0.25) is 5.91 Å². The molecular formula is C19H18Cl2N2O4. The Morgan fingerprint density at radius 3 is 2.44 bits per heavy atom. The van der Waals surface area contributed by atoms with Crippen molar-refractivity contribution in [2.24, 2.45) is 0 Å². The smallest absolute Gasteiger partial charge is 0.325 e. The first-order valence-electron chi connectivity index (χ1n) is 8.10. The Labute approximate surface area is 166 Å². The van der Waals surface area contributed by atoms with Gasteiger partial charge in [-0.25, -0.2) is 0 Å². The molecular weight excluding hydrogens is 391 g/mol. The Morgan fingerprint density at radius 2 is 1.74 bits per heavy atom. The van der Waals surface area contributed by atoms with Crippen LogP contribution >= 0.6 is 23.2 Å². The maximum Gasteiger partial charge on any atom is 0.325 e. The molecule has 2 amide bonds. The maximum absolute atomic E-state index is 12.2. The summed E-state index contributed by atoms with van der Waals surface area (Å²) in [5.74, 6) is -1.65. The topological polar surface area (TPSA) is 84.5 Å². The third kappa shape index (κ3) is 6.27. The summed E-state index contributed by atoms with van der Waals surface area (Å²) in [5.41, 5.74) is 1.00. The van der Waals surface area contributed by atoms with E-state index in [1.165, 1.54) is 13.0 Å². The third-order valence-electron chi connectivity index (χ3n) is 3.59. The van der Waals surface area contributed by atoms with Crippen molar-refractivity contribution in [3.63, 3.8) is 0 Å². The molecule has 1 atom stereocenters. The summed E-state index contributed by atoms with van der Waals surface area (Å²) in [6.45, 7) is 1.31. The summed E-state index contributed by atoms with van der Waals surface area (Å²) < 4.78 is 5.06. The normalized spacial score (nSPS) is 11.4. The van der Waals surface area contributed by atoms with E-state index in [0.717, 1.165) is 5.56 Å². The molecule has 0 aliphatic heterocycles. The number of halogens is 2. The van der Waals surface area contributed by atoms with Crippen LogP contribution in [0.5, 0.6) is 0 Å². The number of benzene rings is 2. The summed E-state index contributed by atoms with van der Waals surface area (Å²) in [5, 5.41) is 5.26. The minimum atomic E-state index is -0.880. The van der Waals surface area contributed by atoms with Crippen molar-refractivity contribution in [3.8, 4) is 0 Å². The van der Waals surface area contributed by atoms with Gasteiger partial charge in [-0.1, -0.05) is 59.6 Å². The highest BCUT2D eigenvalue weighted by atomic mass is 35.5. The Balaban J connectivity index is 1.78. The van der Waals surface area contributed by atoms with Crippen LogP contribution < -0.4 is 10.6 Å². The van der Waals surface area contributed by atoms with Crippen LogP contribution in [0.1, 0.15) is 22.8 Å². The van der Waals surface area contributed by atoms with Crippen molar-refractivity contribution in [1.82, 2.24) is 10.6 Å². The molecule has 0 aromatic heterocycles. The van der Waals surface area contributed by atoms with Gasteiger partial charge in [-0.05, 0) is 24.6 Å². The molecule has 0 radical (unpaired) electrons. The van der Waals surface area contributed by atoms with Crippen LogP contribution in [0.25, 0.3) is 0 Å². The lowest BCUT2D eigenvalue weighted by molar-refractivity contribution is -0.145. The van der Waals surface area contributed by atoms with Gasteiger partial charge in [-0.3, -0.25) is 14.4 Å². The molecule has 2 rings (SSSR count). The van der Waals surface area contributed by atoms with E-state index in [0.29, 0.717) is 0 Å². The largest absolute Gasteiger partial charge is 0.460 e. The third-order valence-corrected chi connectivity index (χ3v) is 4.41. The number of hydrogen-bond donors (Lipinski definition) is 2. The average Bonchev–Trinajstić information content (AvgIpc) is 2.67. The molecule has 2 N–H and O–H groups in total. The fraction of sp³-hybridized carbons (Fsp3) is 0.211. The molecule has 8 heteroatoms. The Morgan fingerprint density at radius 1 is 1.04 bits per heavy atom. The molecule has 0 heterocycles. The standard InChI is InChI=1S/C19H18Cl2N2O4/c1-12(23-19(26)14-8-5-9-15(20)17(14)21)18(25)22-10-16(24)27-11-13-6-3-2-4-7-13/h2-9,12H,10-11H2,1H3,(H,22,25)(H,23,26). The van der Waals surface area contributed by atoms with E-state index in [1.807, 2.05) is 30.3 Å². The lowest BCUT2D eigenvalue weighted by atomic mass is 10.2. The predicted octanol–water partition coefficient (Wildman–Crippen LogP) is 2.97. The van der Waals surface area contributed by atoms with E-state index < -0.39 is 23.8 Å². The summed E-state index contributed by atoms with van der Waals surface area (Å²) in [6.07, 6.45) is 0. The van der Waals surface area contributed by atoms with E-state index in [4.69, 9.17) is 27.9 Å². The molecule has 27 heavy (non-hydrogen) atoms. The monoisotopic (exact) mass is 408 g/mol. The van der Waals surface area contributed by atoms with Gasteiger partial charge in [0.15, 0.2) is 0 Å². The Bertz CT molecular complexity index is 828. The zero-order chi connectivity index (χ0) is 19.8. The van der Waals surface area contributed by atoms with Crippen molar-refractivity contribution in [1.29, 1.82) is 0 Å². The van der Waals surface area contributed by atoms with Crippen LogP contribution in [0, 0.1) is 0 Å². The fourth-order valence-corrected chi connectivity index (χ4v) is 2.51. The molecule has 6 nitrogen and oxygen atoms in total. The van der Waals surface area contributed by atoms with E-state index in [2.05, 4.69) is 10.6 Å². The Kier molecular flexibility index (Phi) is 7.64. The van der Waals surface area contributed by atoms with Crippen LogP contribution in [-0.2, 0) is 20.9 Å². The van der Waals surface area contributed by atoms with Gasteiger partial charge in [0, 0.05) is 0 Å². The van der Waals surface area contributed by atoms with Crippen LogP contribution in [0.3, 0.4) is 0 Å². The van der Waals surface area contributed by atoms with E-state index in [-0.39, 0.29) is 28.8 Å². The number of hydrogen-bond acceptors (Lipinski definition) is 4. The second-order valence-electron chi connectivity index (χ2n) is 5.66. The summed E-state index contributed by atoms with van der Waals surface area (Å²) in [7, 11) is 0. The highest BCUT2D eigenvalue weighted by Gasteiger charge is 2.19. The summed E-state index contributed by atoms with van der Waals surface area (Å²) >= 11 is 11.9. The minimum absolute atomic E-state index is 0.105. The number of carbonyl (C=O) groups excluding carboxylic acids is 3. The first kappa shape index (κ1) is 20.7. The predicted molar refractivity (Wildman–Crippen MR) is 103 cm³/mol. The molecule has 2 aromatic carbocycles. The molecule has 2 aromatic rings. The summed E-state index contributed by atoms with van der Waals surface area (Å²) in [4.78, 5) is 36.0. The number of amides is 2. The van der Waals surface area contributed by atoms with Crippen LogP contribution in [-0.4, -0.2) is 30.4 Å². The first-order valence-corrected chi connectivity index (χ1v) is 8.86. The lowest BCUT2D eigenvalue weighted by Gasteiger charge is -2.14. The highest BCUT2D eigenvalue weighted by molar-refractivity contribution is 6.43. The Hall–Kier alpha value is -2.57. The summed E-state index contributed by atoms with van der Waals surface area (Å²) in [6, 6.07) is 12.9. The maximum atomic E-state index is 12.2. The number of nitrogens with one attached hydrogen (secondary N) is 2. The van der Waals surface area contributed by atoms with E-state index >= 15 is 0 Å². The molecule has 0 fully saturated rings. The molecule has 0 saturated heterocycles. The van der Waals surface area contributed by atoms with Crippen LogP contribution in [0.15, 0.2) is 48.5 Å². The zero-order valence-corrected chi connectivity index (χ0v) is 16.0. The molecule has 0 saturated carbocycles. The fourth-order valence-electron chi connectivity index (χ4n) is 2.12. The molecule has 142 valence electrons. The number of carbonyl (C=O) groups is 3. The van der Waals surface area contributed by atoms with Crippen LogP contribution in [0.2, 0.25) is 10.0 Å². The molecule has 1 unspecified atom stereocenters. The van der Waals surface area contributed by atoms with Crippen molar-refractivity contribution in [3.05, 3.63) is 69.7 Å². The SMILES string of the molecule is CC(NC(=O)c1cccc(Cl)c1Cl)C(=O)NCC(=O)OCc1ccccc1. The molecule has 0 aliphatic rings. The van der Waals surface area contributed by atoms with Crippen molar-refractivity contribution in [2.45, 2.75) is 19.6 Å². The number of rotatable bonds is 7. The second kappa shape index (κ2) is 9.94. The number of esters is 1. The van der Waals surface area contributed by atoms with E-state index in [1.54, 1.807) is 12.1 Å². The van der Waals surface area contributed by atoms with E-state index in [9.17, 15) is 14.4 Å². The van der Waals surface area contributed by atoms with Crippen LogP contribution in [0.4, 0.5) is 0 Å². The van der Waals surface area contributed by atoms with Gasteiger partial charge >= 0.3 is 5.97 Å². The van der Waals surface area contributed by atoms with Gasteiger partial charge in [-0.15, -0.1) is 0 Å². The van der Waals surface area contributed by atoms with Gasteiger partial charge in [0.05, 0.1) is 15.6 Å². The van der Waals surface area contributed by atoms with Gasteiger partial charge in [-0.2, -0.15) is 0 Å². The molecule has 0 spiro atoms. The van der Waals surface area contributed by atoms with Crippen molar-refractivity contribution >= 4 is 41.0 Å². The first-order chi connectivity index (χ1) is 12.9. The quantitative estimate of drug-likeness (QED) is 0.689. The minimum Gasteiger partial charge on any atom is -0.460 e. The zero-order valence-electron chi connectivity index (χ0n) is 14.5. The van der Waals surface area contributed by atoms with Gasteiger partial charge in [0.1, 0.15) is 19.2 Å². The average molecular weight is 409 g/mol. The molecule has 0 aliphatic carbocycles. The van der Waals surface area contributed by atoms with Gasteiger partial charge in [0.25, 0.3) is 5.91 Å².